The zero-order chi connectivity index (χ0) is 13.0. The maximum atomic E-state index is 13.3. The van der Waals surface area contributed by atoms with Gasteiger partial charge in [-0.2, -0.15) is 8.78 Å². The molecule has 0 amide bonds. The molecule has 0 spiro atoms. The number of nitrogens with one attached hydrogen (secondary N) is 1. The van der Waals surface area contributed by atoms with Crippen molar-refractivity contribution in [3.05, 3.63) is 29.3 Å². The van der Waals surface area contributed by atoms with E-state index in [1.54, 1.807) is 0 Å². The fraction of sp³-hybridized carbons (Fsp3) is 0.455. The first-order chi connectivity index (χ1) is 7.90. The van der Waals surface area contributed by atoms with Gasteiger partial charge in [0.05, 0.1) is 0 Å². The Morgan fingerprint density at radius 1 is 1.18 bits per heavy atom. The van der Waals surface area contributed by atoms with E-state index in [2.05, 4.69) is 10.1 Å². The van der Waals surface area contributed by atoms with Gasteiger partial charge in [0.15, 0.2) is 17.4 Å². The summed E-state index contributed by atoms with van der Waals surface area (Å²) in [7, 11) is 0. The molecule has 1 rings (SSSR count). The third kappa shape index (κ3) is 4.22. The summed E-state index contributed by atoms with van der Waals surface area (Å²) in [5, 5.41) is 2.95. The number of halogens is 4. The Bertz CT molecular complexity index is 359. The van der Waals surface area contributed by atoms with Crippen LogP contribution in [0.25, 0.3) is 0 Å². The van der Waals surface area contributed by atoms with Gasteiger partial charge < -0.3 is 10.1 Å². The second kappa shape index (κ2) is 5.86. The molecule has 0 aromatic heterocycles. The molecule has 1 aromatic carbocycles. The van der Waals surface area contributed by atoms with Crippen molar-refractivity contribution in [1.29, 1.82) is 0 Å². The lowest BCUT2D eigenvalue weighted by Gasteiger charge is -2.11. The van der Waals surface area contributed by atoms with E-state index < -0.39 is 24.0 Å². The molecule has 0 aliphatic heterocycles. The number of ether oxygens (including phenoxy) is 1. The van der Waals surface area contributed by atoms with Crippen molar-refractivity contribution in [2.45, 2.75) is 33.0 Å². The van der Waals surface area contributed by atoms with E-state index in [1.165, 1.54) is 0 Å². The fourth-order valence-electron chi connectivity index (χ4n) is 1.24. The van der Waals surface area contributed by atoms with Crippen molar-refractivity contribution < 1.29 is 22.3 Å². The highest BCUT2D eigenvalue weighted by Gasteiger charge is 2.16. The first-order valence-corrected chi connectivity index (χ1v) is 5.06. The summed E-state index contributed by atoms with van der Waals surface area (Å²) in [5.41, 5.74) is 0.329. The molecule has 1 N–H and O–H groups in total. The van der Waals surface area contributed by atoms with Crippen molar-refractivity contribution in [2.24, 2.45) is 0 Å². The van der Waals surface area contributed by atoms with Gasteiger partial charge in [-0.05, 0) is 17.7 Å². The van der Waals surface area contributed by atoms with Crippen LogP contribution in [0, 0.1) is 11.6 Å². The van der Waals surface area contributed by atoms with E-state index in [0.29, 0.717) is 5.56 Å². The molecule has 0 heterocycles. The normalized spacial score (nSPS) is 11.3. The van der Waals surface area contributed by atoms with Gasteiger partial charge in [-0.1, -0.05) is 13.8 Å². The molecule has 0 radical (unpaired) electrons. The predicted octanol–water partition coefficient (Wildman–Crippen LogP) is 3.06. The third-order valence-electron chi connectivity index (χ3n) is 1.98. The Kier molecular flexibility index (Phi) is 4.74. The minimum absolute atomic E-state index is 0.151. The minimum atomic E-state index is -3.25. The molecule has 1 aromatic rings. The van der Waals surface area contributed by atoms with Gasteiger partial charge in [0, 0.05) is 12.6 Å². The van der Waals surface area contributed by atoms with Gasteiger partial charge in [-0.15, -0.1) is 0 Å². The van der Waals surface area contributed by atoms with Crippen molar-refractivity contribution in [3.8, 4) is 5.75 Å². The van der Waals surface area contributed by atoms with Crippen LogP contribution >= 0.6 is 0 Å². The van der Waals surface area contributed by atoms with Gasteiger partial charge >= 0.3 is 6.61 Å². The van der Waals surface area contributed by atoms with Crippen LogP contribution < -0.4 is 10.1 Å². The summed E-state index contributed by atoms with van der Waals surface area (Å²) >= 11 is 0. The second-order valence-electron chi connectivity index (χ2n) is 3.80. The van der Waals surface area contributed by atoms with E-state index >= 15 is 0 Å². The summed E-state index contributed by atoms with van der Waals surface area (Å²) in [4.78, 5) is 0. The zero-order valence-corrected chi connectivity index (χ0v) is 9.44. The molecule has 17 heavy (non-hydrogen) atoms. The van der Waals surface area contributed by atoms with E-state index in [9.17, 15) is 17.6 Å². The molecule has 0 saturated carbocycles. The van der Waals surface area contributed by atoms with E-state index in [1.807, 2.05) is 13.8 Å². The molecular formula is C11H13F4NO. The molecule has 0 bridgehead atoms. The Balaban J connectivity index is 2.85. The van der Waals surface area contributed by atoms with Crippen LogP contribution in [-0.2, 0) is 6.54 Å². The molecule has 6 heteroatoms. The van der Waals surface area contributed by atoms with Gasteiger partial charge in [-0.25, -0.2) is 8.78 Å². The Morgan fingerprint density at radius 3 is 2.12 bits per heavy atom. The minimum Gasteiger partial charge on any atom is -0.429 e. The molecule has 0 unspecified atom stereocenters. The Hall–Kier alpha value is -1.30. The lowest BCUT2D eigenvalue weighted by atomic mass is 10.2. The summed E-state index contributed by atoms with van der Waals surface area (Å²) in [5.74, 6) is -3.31. The quantitative estimate of drug-likeness (QED) is 0.812. The van der Waals surface area contributed by atoms with Crippen LogP contribution in [-0.4, -0.2) is 12.7 Å². The molecule has 0 aliphatic carbocycles. The lowest BCUT2D eigenvalue weighted by molar-refractivity contribution is -0.0546. The van der Waals surface area contributed by atoms with E-state index in [0.717, 1.165) is 12.1 Å². The molecule has 0 fully saturated rings. The van der Waals surface area contributed by atoms with Crippen LogP contribution in [0.3, 0.4) is 0 Å². The number of hydrogen-bond donors (Lipinski definition) is 1. The first kappa shape index (κ1) is 13.8. The van der Waals surface area contributed by atoms with Gasteiger partial charge in [0.1, 0.15) is 0 Å². The summed E-state index contributed by atoms with van der Waals surface area (Å²) in [6.45, 7) is 0.751. The Labute approximate surface area is 96.6 Å². The van der Waals surface area contributed by atoms with Gasteiger partial charge in [0.25, 0.3) is 0 Å². The van der Waals surface area contributed by atoms with Gasteiger partial charge in [0.2, 0.25) is 0 Å². The maximum absolute atomic E-state index is 13.3. The molecule has 96 valence electrons. The van der Waals surface area contributed by atoms with Crippen LogP contribution in [0.15, 0.2) is 12.1 Å². The van der Waals surface area contributed by atoms with Crippen molar-refractivity contribution in [2.75, 3.05) is 0 Å². The van der Waals surface area contributed by atoms with Crippen LogP contribution in [0.4, 0.5) is 17.6 Å². The maximum Gasteiger partial charge on any atom is 0.387 e. The average molecular weight is 251 g/mol. The number of rotatable bonds is 5. The first-order valence-electron chi connectivity index (χ1n) is 5.06. The zero-order valence-electron chi connectivity index (χ0n) is 9.44. The summed E-state index contributed by atoms with van der Waals surface area (Å²) < 4.78 is 54.0. The van der Waals surface area contributed by atoms with Crippen LogP contribution in [0.5, 0.6) is 5.75 Å². The average Bonchev–Trinajstić information content (AvgIpc) is 2.20. The molecule has 0 aliphatic rings. The van der Waals surface area contributed by atoms with Crippen molar-refractivity contribution >= 4 is 0 Å². The highest BCUT2D eigenvalue weighted by atomic mass is 19.3. The summed E-state index contributed by atoms with van der Waals surface area (Å²) in [6, 6.07) is 2.09. The lowest BCUT2D eigenvalue weighted by Crippen LogP contribution is -2.22. The van der Waals surface area contributed by atoms with E-state index in [-0.39, 0.29) is 12.6 Å². The number of hydrogen-bond acceptors (Lipinski definition) is 2. The van der Waals surface area contributed by atoms with Gasteiger partial charge in [-0.3, -0.25) is 0 Å². The number of alkyl halides is 2. The fourth-order valence-corrected chi connectivity index (χ4v) is 1.24. The predicted molar refractivity (Wildman–Crippen MR) is 55.0 cm³/mol. The monoisotopic (exact) mass is 251 g/mol. The highest BCUT2D eigenvalue weighted by Crippen LogP contribution is 2.24. The van der Waals surface area contributed by atoms with Crippen molar-refractivity contribution in [1.82, 2.24) is 5.32 Å². The highest BCUT2D eigenvalue weighted by molar-refractivity contribution is 5.31. The molecule has 0 atom stereocenters. The summed E-state index contributed by atoms with van der Waals surface area (Å²) in [6.07, 6.45) is 0. The van der Waals surface area contributed by atoms with Crippen LogP contribution in [0.1, 0.15) is 19.4 Å². The topological polar surface area (TPSA) is 21.3 Å². The van der Waals surface area contributed by atoms with Crippen LogP contribution in [0.2, 0.25) is 0 Å². The third-order valence-corrected chi connectivity index (χ3v) is 1.98. The molecular weight excluding hydrogens is 238 g/mol. The Morgan fingerprint density at radius 2 is 1.71 bits per heavy atom. The largest absolute Gasteiger partial charge is 0.429 e. The standard InChI is InChI=1S/C11H13F4NO/c1-6(2)16-5-7-3-8(12)10(9(13)4-7)17-11(14)15/h3-4,6,11,16H,5H2,1-2H3. The molecule has 2 nitrogen and oxygen atoms in total. The molecule has 0 saturated heterocycles. The second-order valence-corrected chi connectivity index (χ2v) is 3.80. The number of benzene rings is 1. The smallest absolute Gasteiger partial charge is 0.387 e. The SMILES string of the molecule is CC(C)NCc1cc(F)c(OC(F)F)c(F)c1. The van der Waals surface area contributed by atoms with E-state index in [4.69, 9.17) is 0 Å². The van der Waals surface area contributed by atoms with Crippen molar-refractivity contribution in [3.63, 3.8) is 0 Å².